The molecule has 96 valence electrons. The van der Waals surface area contributed by atoms with Gasteiger partial charge >= 0.3 is 0 Å². The van der Waals surface area contributed by atoms with Crippen molar-refractivity contribution >= 4 is 0 Å². The van der Waals surface area contributed by atoms with Gasteiger partial charge in [0.2, 0.25) is 0 Å². The second-order valence-electron chi connectivity index (χ2n) is 5.65. The normalized spacial score (nSPS) is 17.6. The highest BCUT2D eigenvalue weighted by Crippen LogP contribution is 2.47. The first-order valence-electron chi connectivity index (χ1n) is 7.54. The predicted molar refractivity (Wildman–Crippen MR) is 72.8 cm³/mol. The summed E-state index contributed by atoms with van der Waals surface area (Å²) in [6.45, 7) is 7.14. The van der Waals surface area contributed by atoms with Crippen LogP contribution in [0.15, 0.2) is 0 Å². The van der Waals surface area contributed by atoms with Gasteiger partial charge in [0.05, 0.1) is 0 Å². The average molecular weight is 225 g/mol. The van der Waals surface area contributed by atoms with Crippen molar-refractivity contribution in [3.63, 3.8) is 0 Å². The standard InChI is InChI=1S/C15H31N/c1-3-5-6-7-8-9-10-13-16-14-15(4-2)11-12-15/h16H,3-14H2,1-2H3. The minimum absolute atomic E-state index is 0.723. The highest BCUT2D eigenvalue weighted by molar-refractivity contribution is 4.93. The maximum Gasteiger partial charge on any atom is 0.000771 e. The average Bonchev–Trinajstić information content (AvgIpc) is 3.08. The smallest absolute Gasteiger partial charge is 0.000771 e. The van der Waals surface area contributed by atoms with E-state index in [2.05, 4.69) is 19.2 Å². The van der Waals surface area contributed by atoms with Crippen molar-refractivity contribution in [2.45, 2.75) is 78.1 Å². The summed E-state index contributed by atoms with van der Waals surface area (Å²) >= 11 is 0. The molecule has 1 heteroatoms. The second-order valence-corrected chi connectivity index (χ2v) is 5.65. The lowest BCUT2D eigenvalue weighted by Gasteiger charge is -2.13. The molecule has 16 heavy (non-hydrogen) atoms. The summed E-state index contributed by atoms with van der Waals surface area (Å²) in [4.78, 5) is 0. The van der Waals surface area contributed by atoms with E-state index in [9.17, 15) is 0 Å². The zero-order chi connectivity index (χ0) is 11.7. The maximum atomic E-state index is 3.64. The third-order valence-corrected chi connectivity index (χ3v) is 4.16. The summed E-state index contributed by atoms with van der Waals surface area (Å²) in [6.07, 6.45) is 14.2. The summed E-state index contributed by atoms with van der Waals surface area (Å²) in [7, 11) is 0. The summed E-state index contributed by atoms with van der Waals surface area (Å²) in [6, 6.07) is 0. The third-order valence-electron chi connectivity index (χ3n) is 4.16. The topological polar surface area (TPSA) is 12.0 Å². The van der Waals surface area contributed by atoms with E-state index >= 15 is 0 Å². The molecule has 0 unspecified atom stereocenters. The summed E-state index contributed by atoms with van der Waals surface area (Å²) in [5, 5.41) is 3.64. The minimum Gasteiger partial charge on any atom is -0.316 e. The molecule has 1 aliphatic rings. The van der Waals surface area contributed by atoms with Crippen LogP contribution in [-0.4, -0.2) is 13.1 Å². The molecule has 0 aromatic rings. The lowest BCUT2D eigenvalue weighted by Crippen LogP contribution is -2.24. The van der Waals surface area contributed by atoms with E-state index < -0.39 is 0 Å². The molecule has 0 atom stereocenters. The Kier molecular flexibility index (Phi) is 7.11. The van der Waals surface area contributed by atoms with Crippen LogP contribution in [0.5, 0.6) is 0 Å². The molecule has 1 fully saturated rings. The highest BCUT2D eigenvalue weighted by atomic mass is 14.9. The van der Waals surface area contributed by atoms with Crippen LogP contribution in [0.3, 0.4) is 0 Å². The van der Waals surface area contributed by atoms with Crippen LogP contribution in [0.4, 0.5) is 0 Å². The van der Waals surface area contributed by atoms with Crippen LogP contribution in [0.25, 0.3) is 0 Å². The van der Waals surface area contributed by atoms with E-state index in [0.717, 1.165) is 5.41 Å². The van der Waals surface area contributed by atoms with Crippen molar-refractivity contribution in [1.29, 1.82) is 0 Å². The lowest BCUT2D eigenvalue weighted by atomic mass is 10.0. The van der Waals surface area contributed by atoms with Crippen LogP contribution in [0.1, 0.15) is 78.1 Å². The van der Waals surface area contributed by atoms with Gasteiger partial charge in [-0.2, -0.15) is 0 Å². The van der Waals surface area contributed by atoms with Gasteiger partial charge in [0.25, 0.3) is 0 Å². The van der Waals surface area contributed by atoms with Gasteiger partial charge in [-0.05, 0) is 37.6 Å². The highest BCUT2D eigenvalue weighted by Gasteiger charge is 2.39. The van der Waals surface area contributed by atoms with E-state index in [1.807, 2.05) is 0 Å². The van der Waals surface area contributed by atoms with Crippen LogP contribution < -0.4 is 5.32 Å². The van der Waals surface area contributed by atoms with E-state index in [1.165, 1.54) is 77.3 Å². The minimum atomic E-state index is 0.723. The molecule has 0 spiro atoms. The molecule has 0 amide bonds. The van der Waals surface area contributed by atoms with Crippen molar-refractivity contribution < 1.29 is 0 Å². The molecule has 0 aromatic heterocycles. The van der Waals surface area contributed by atoms with E-state index in [4.69, 9.17) is 0 Å². The summed E-state index contributed by atoms with van der Waals surface area (Å²) < 4.78 is 0. The van der Waals surface area contributed by atoms with Crippen molar-refractivity contribution in [3.8, 4) is 0 Å². The zero-order valence-corrected chi connectivity index (χ0v) is 11.5. The first-order chi connectivity index (χ1) is 7.83. The number of nitrogens with one attached hydrogen (secondary N) is 1. The van der Waals surface area contributed by atoms with Crippen molar-refractivity contribution in [1.82, 2.24) is 5.32 Å². The Morgan fingerprint density at radius 2 is 1.50 bits per heavy atom. The summed E-state index contributed by atoms with van der Waals surface area (Å²) in [5.41, 5.74) is 0.723. The molecule has 1 N–H and O–H groups in total. The molecule has 1 saturated carbocycles. The molecule has 0 bridgehead atoms. The number of rotatable bonds is 11. The molecule has 1 rings (SSSR count). The lowest BCUT2D eigenvalue weighted by molar-refractivity contribution is 0.437. The van der Waals surface area contributed by atoms with Gasteiger partial charge in [-0.25, -0.2) is 0 Å². The molecular weight excluding hydrogens is 194 g/mol. The van der Waals surface area contributed by atoms with Crippen LogP contribution in [0.2, 0.25) is 0 Å². The number of hydrogen-bond donors (Lipinski definition) is 1. The SMILES string of the molecule is CCCCCCCCCNCC1(CC)CC1. The fourth-order valence-electron chi connectivity index (χ4n) is 2.39. The molecule has 0 aliphatic heterocycles. The Morgan fingerprint density at radius 1 is 0.875 bits per heavy atom. The molecular formula is C15H31N. The Hall–Kier alpha value is -0.0400. The largest absolute Gasteiger partial charge is 0.316 e. The van der Waals surface area contributed by atoms with Gasteiger partial charge in [-0.1, -0.05) is 52.4 Å². The first kappa shape index (κ1) is 14.0. The molecule has 1 nitrogen and oxygen atoms in total. The molecule has 0 radical (unpaired) electrons. The Labute approximate surface area is 102 Å². The van der Waals surface area contributed by atoms with Crippen LogP contribution in [-0.2, 0) is 0 Å². The molecule has 0 heterocycles. The third kappa shape index (κ3) is 5.89. The Morgan fingerprint density at radius 3 is 2.06 bits per heavy atom. The van der Waals surface area contributed by atoms with E-state index in [1.54, 1.807) is 0 Å². The maximum absolute atomic E-state index is 3.64. The number of unbranched alkanes of at least 4 members (excludes halogenated alkanes) is 6. The molecule has 0 saturated heterocycles. The van der Waals surface area contributed by atoms with Gasteiger partial charge in [0, 0.05) is 6.54 Å². The van der Waals surface area contributed by atoms with Crippen LogP contribution >= 0.6 is 0 Å². The quantitative estimate of drug-likeness (QED) is 0.510. The predicted octanol–water partition coefficient (Wildman–Crippen LogP) is 4.52. The van der Waals surface area contributed by atoms with Crippen LogP contribution in [0, 0.1) is 5.41 Å². The van der Waals surface area contributed by atoms with E-state index in [-0.39, 0.29) is 0 Å². The van der Waals surface area contributed by atoms with Gasteiger partial charge in [0.1, 0.15) is 0 Å². The fourth-order valence-corrected chi connectivity index (χ4v) is 2.39. The Bertz CT molecular complexity index is 161. The van der Waals surface area contributed by atoms with Gasteiger partial charge < -0.3 is 5.32 Å². The van der Waals surface area contributed by atoms with Crippen molar-refractivity contribution in [2.24, 2.45) is 5.41 Å². The first-order valence-corrected chi connectivity index (χ1v) is 7.54. The second kappa shape index (κ2) is 8.11. The molecule has 1 aliphatic carbocycles. The number of hydrogen-bond acceptors (Lipinski definition) is 1. The van der Waals surface area contributed by atoms with E-state index in [0.29, 0.717) is 0 Å². The van der Waals surface area contributed by atoms with Gasteiger partial charge in [-0.15, -0.1) is 0 Å². The van der Waals surface area contributed by atoms with Crippen molar-refractivity contribution in [2.75, 3.05) is 13.1 Å². The fraction of sp³-hybridized carbons (Fsp3) is 1.00. The van der Waals surface area contributed by atoms with Gasteiger partial charge in [-0.3, -0.25) is 0 Å². The van der Waals surface area contributed by atoms with Gasteiger partial charge in [0.15, 0.2) is 0 Å². The monoisotopic (exact) mass is 225 g/mol. The summed E-state index contributed by atoms with van der Waals surface area (Å²) in [5.74, 6) is 0. The zero-order valence-electron chi connectivity index (χ0n) is 11.5. The molecule has 0 aromatic carbocycles. The van der Waals surface area contributed by atoms with Crippen molar-refractivity contribution in [3.05, 3.63) is 0 Å². The Balaban J connectivity index is 1.75.